The minimum Gasteiger partial charge on any atom is -0.332 e. The van der Waals surface area contributed by atoms with E-state index >= 15 is 0 Å². The Morgan fingerprint density at radius 2 is 2.31 bits per heavy atom. The Balaban J connectivity index is 2.04. The number of hydrogen-bond acceptors (Lipinski definition) is 5. The highest BCUT2D eigenvalue weighted by molar-refractivity contribution is 5.25. The van der Waals surface area contributed by atoms with Crippen LogP contribution in [0, 0.1) is 6.92 Å². The summed E-state index contributed by atoms with van der Waals surface area (Å²) in [6.45, 7) is 4.50. The fraction of sp³-hybridized carbons (Fsp3) is 0.364. The third kappa shape index (κ3) is 2.36. The van der Waals surface area contributed by atoms with Crippen molar-refractivity contribution in [2.75, 3.05) is 5.32 Å². The molecule has 0 aliphatic rings. The predicted molar refractivity (Wildman–Crippen MR) is 60.0 cm³/mol. The summed E-state index contributed by atoms with van der Waals surface area (Å²) in [5.41, 5.74) is 2.24. The first kappa shape index (κ1) is 10.6. The molecule has 5 nitrogen and oxygen atoms in total. The van der Waals surface area contributed by atoms with Crippen LogP contribution in [0.1, 0.15) is 24.0 Å². The SMILES string of the molecule is CCc1cccnc1CNc1nc(C)no1. The highest BCUT2D eigenvalue weighted by Crippen LogP contribution is 2.09. The molecule has 0 spiro atoms. The van der Waals surface area contributed by atoms with E-state index in [-0.39, 0.29) is 0 Å². The number of rotatable bonds is 4. The average molecular weight is 218 g/mol. The first-order valence-corrected chi connectivity index (χ1v) is 5.26. The molecule has 0 saturated carbocycles. The van der Waals surface area contributed by atoms with Gasteiger partial charge in [0.15, 0.2) is 5.82 Å². The van der Waals surface area contributed by atoms with Gasteiger partial charge >= 0.3 is 6.01 Å². The van der Waals surface area contributed by atoms with Gasteiger partial charge in [-0.3, -0.25) is 4.98 Å². The molecule has 0 aliphatic heterocycles. The number of aromatic nitrogens is 3. The Hall–Kier alpha value is -1.91. The Morgan fingerprint density at radius 3 is 3.00 bits per heavy atom. The minimum absolute atomic E-state index is 0.435. The monoisotopic (exact) mass is 218 g/mol. The second kappa shape index (κ2) is 4.74. The number of hydrogen-bond donors (Lipinski definition) is 1. The quantitative estimate of drug-likeness (QED) is 0.849. The van der Waals surface area contributed by atoms with E-state index in [1.54, 1.807) is 13.1 Å². The Morgan fingerprint density at radius 1 is 1.44 bits per heavy atom. The molecule has 0 atom stereocenters. The maximum Gasteiger partial charge on any atom is 0.321 e. The van der Waals surface area contributed by atoms with Gasteiger partial charge in [0.2, 0.25) is 0 Å². The third-order valence-corrected chi connectivity index (χ3v) is 2.30. The summed E-state index contributed by atoms with van der Waals surface area (Å²) in [5, 5.41) is 6.76. The Labute approximate surface area is 93.9 Å². The molecule has 0 bridgehead atoms. The van der Waals surface area contributed by atoms with Crippen LogP contribution >= 0.6 is 0 Å². The largest absolute Gasteiger partial charge is 0.332 e. The van der Waals surface area contributed by atoms with E-state index in [0.29, 0.717) is 18.4 Å². The van der Waals surface area contributed by atoms with E-state index in [4.69, 9.17) is 4.52 Å². The molecule has 0 amide bonds. The first-order valence-electron chi connectivity index (χ1n) is 5.26. The van der Waals surface area contributed by atoms with Crippen LogP contribution in [0.25, 0.3) is 0 Å². The topological polar surface area (TPSA) is 63.8 Å². The molecule has 2 aromatic heterocycles. The summed E-state index contributed by atoms with van der Waals surface area (Å²) in [6, 6.07) is 4.45. The lowest BCUT2D eigenvalue weighted by atomic mass is 10.1. The van der Waals surface area contributed by atoms with Gasteiger partial charge in [0.05, 0.1) is 12.2 Å². The second-order valence-corrected chi connectivity index (χ2v) is 3.46. The maximum atomic E-state index is 4.96. The van der Waals surface area contributed by atoms with E-state index in [1.165, 1.54) is 5.56 Å². The predicted octanol–water partition coefficient (Wildman–Crippen LogP) is 1.95. The van der Waals surface area contributed by atoms with Crippen LogP contribution in [0.2, 0.25) is 0 Å². The molecule has 2 rings (SSSR count). The van der Waals surface area contributed by atoms with Gasteiger partial charge < -0.3 is 9.84 Å². The molecule has 5 heteroatoms. The van der Waals surface area contributed by atoms with Crippen molar-refractivity contribution in [2.24, 2.45) is 0 Å². The zero-order chi connectivity index (χ0) is 11.4. The van der Waals surface area contributed by atoms with E-state index in [1.807, 2.05) is 6.07 Å². The number of aryl methyl sites for hydroxylation is 2. The fourth-order valence-electron chi connectivity index (χ4n) is 1.48. The number of nitrogens with zero attached hydrogens (tertiary/aromatic N) is 3. The van der Waals surface area contributed by atoms with E-state index < -0.39 is 0 Å². The van der Waals surface area contributed by atoms with Crippen molar-refractivity contribution >= 4 is 6.01 Å². The summed E-state index contributed by atoms with van der Waals surface area (Å²) in [6.07, 6.45) is 2.75. The summed E-state index contributed by atoms with van der Waals surface area (Å²) >= 11 is 0. The van der Waals surface area contributed by atoms with Crippen molar-refractivity contribution in [3.8, 4) is 0 Å². The molecule has 0 radical (unpaired) electrons. The van der Waals surface area contributed by atoms with Gasteiger partial charge in [-0.1, -0.05) is 18.1 Å². The molecule has 2 aromatic rings. The molecule has 0 fully saturated rings. The molecule has 2 heterocycles. The summed E-state index contributed by atoms with van der Waals surface area (Å²) in [4.78, 5) is 8.38. The lowest BCUT2D eigenvalue weighted by molar-refractivity contribution is 0.425. The molecule has 1 N–H and O–H groups in total. The standard InChI is InChI=1S/C11H14N4O/c1-3-9-5-4-6-12-10(9)7-13-11-14-8(2)15-16-11/h4-6H,3,7H2,1-2H3,(H,13,14,15). The molecule has 0 aromatic carbocycles. The highest BCUT2D eigenvalue weighted by atomic mass is 16.5. The summed E-state index contributed by atoms with van der Waals surface area (Å²) in [5.74, 6) is 0.624. The Bertz CT molecular complexity index is 467. The fourth-order valence-corrected chi connectivity index (χ4v) is 1.48. The van der Waals surface area contributed by atoms with Crippen molar-refractivity contribution < 1.29 is 4.52 Å². The highest BCUT2D eigenvalue weighted by Gasteiger charge is 2.04. The van der Waals surface area contributed by atoms with Crippen molar-refractivity contribution in [3.05, 3.63) is 35.4 Å². The van der Waals surface area contributed by atoms with Gasteiger partial charge in [-0.05, 0) is 25.0 Å². The van der Waals surface area contributed by atoms with Crippen molar-refractivity contribution in [1.82, 2.24) is 15.1 Å². The Kier molecular flexibility index (Phi) is 3.14. The first-order chi connectivity index (χ1) is 7.79. The summed E-state index contributed by atoms with van der Waals surface area (Å²) < 4.78 is 4.96. The van der Waals surface area contributed by atoms with Crippen LogP contribution in [-0.2, 0) is 13.0 Å². The van der Waals surface area contributed by atoms with Crippen LogP contribution in [0.15, 0.2) is 22.9 Å². The van der Waals surface area contributed by atoms with E-state index in [9.17, 15) is 0 Å². The van der Waals surface area contributed by atoms with Gasteiger partial charge in [0, 0.05) is 6.20 Å². The van der Waals surface area contributed by atoms with Crippen LogP contribution in [-0.4, -0.2) is 15.1 Å². The molecule has 84 valence electrons. The van der Waals surface area contributed by atoms with Gasteiger partial charge in [-0.2, -0.15) is 4.98 Å². The molecular weight excluding hydrogens is 204 g/mol. The number of anilines is 1. The van der Waals surface area contributed by atoms with Crippen LogP contribution < -0.4 is 5.32 Å². The molecule has 0 saturated heterocycles. The minimum atomic E-state index is 0.435. The third-order valence-electron chi connectivity index (χ3n) is 2.30. The van der Waals surface area contributed by atoms with E-state index in [2.05, 4.69) is 33.4 Å². The zero-order valence-corrected chi connectivity index (χ0v) is 9.40. The lowest BCUT2D eigenvalue weighted by Gasteiger charge is -2.05. The zero-order valence-electron chi connectivity index (χ0n) is 9.40. The molecule has 0 aliphatic carbocycles. The van der Waals surface area contributed by atoms with Gasteiger partial charge in [-0.15, -0.1) is 0 Å². The van der Waals surface area contributed by atoms with Crippen LogP contribution in [0.5, 0.6) is 0 Å². The van der Waals surface area contributed by atoms with Crippen molar-refractivity contribution in [1.29, 1.82) is 0 Å². The normalized spacial score (nSPS) is 10.4. The number of pyridine rings is 1. The van der Waals surface area contributed by atoms with Crippen molar-refractivity contribution in [3.63, 3.8) is 0 Å². The molecule has 0 unspecified atom stereocenters. The van der Waals surface area contributed by atoms with Crippen molar-refractivity contribution in [2.45, 2.75) is 26.8 Å². The van der Waals surface area contributed by atoms with Crippen LogP contribution in [0.3, 0.4) is 0 Å². The maximum absolute atomic E-state index is 4.96. The summed E-state index contributed by atoms with van der Waals surface area (Å²) in [7, 11) is 0. The average Bonchev–Trinajstić information content (AvgIpc) is 2.73. The number of nitrogens with one attached hydrogen (secondary N) is 1. The lowest BCUT2D eigenvalue weighted by Crippen LogP contribution is -2.05. The van der Waals surface area contributed by atoms with Crippen LogP contribution in [0.4, 0.5) is 6.01 Å². The van der Waals surface area contributed by atoms with Gasteiger partial charge in [0.1, 0.15) is 0 Å². The smallest absolute Gasteiger partial charge is 0.321 e. The molecule has 16 heavy (non-hydrogen) atoms. The molecular formula is C11H14N4O. The van der Waals surface area contributed by atoms with Gasteiger partial charge in [0.25, 0.3) is 0 Å². The van der Waals surface area contributed by atoms with E-state index in [0.717, 1.165) is 12.1 Å². The van der Waals surface area contributed by atoms with Gasteiger partial charge in [-0.25, -0.2) is 0 Å². The second-order valence-electron chi connectivity index (χ2n) is 3.46.